The average Bonchev–Trinajstić information content (AvgIpc) is 2.64. The van der Waals surface area contributed by atoms with Crippen molar-refractivity contribution < 1.29 is 8.42 Å². The van der Waals surface area contributed by atoms with Gasteiger partial charge in [-0.2, -0.15) is 4.99 Å². The van der Waals surface area contributed by atoms with E-state index in [0.29, 0.717) is 17.1 Å². The Labute approximate surface area is 177 Å². The summed E-state index contributed by atoms with van der Waals surface area (Å²) in [6.45, 7) is 9.39. The first-order chi connectivity index (χ1) is 14.1. The van der Waals surface area contributed by atoms with Crippen LogP contribution in [0.3, 0.4) is 0 Å². The predicted molar refractivity (Wildman–Crippen MR) is 120 cm³/mol. The number of nitrogens with two attached hydrogens (primary N) is 1. The lowest BCUT2D eigenvalue weighted by Crippen LogP contribution is -2.42. The second-order valence-corrected chi connectivity index (χ2v) is 9.06. The van der Waals surface area contributed by atoms with Gasteiger partial charge in [-0.05, 0) is 76.1 Å². The van der Waals surface area contributed by atoms with Crippen LogP contribution >= 0.6 is 0 Å². The van der Waals surface area contributed by atoms with Crippen LogP contribution in [-0.2, 0) is 10.0 Å². The molecule has 0 aliphatic heterocycles. The molecule has 0 atom stereocenters. The fraction of sp³-hybridized carbons (Fsp3) is 0.227. The number of anilines is 1. The van der Waals surface area contributed by atoms with Crippen LogP contribution in [0.25, 0.3) is 0 Å². The van der Waals surface area contributed by atoms with Gasteiger partial charge in [-0.25, -0.2) is 22.7 Å². The van der Waals surface area contributed by atoms with E-state index in [1.54, 1.807) is 42.5 Å². The molecule has 7 nitrogen and oxygen atoms in total. The van der Waals surface area contributed by atoms with Gasteiger partial charge in [0.25, 0.3) is 16.0 Å². The highest BCUT2D eigenvalue weighted by atomic mass is 32.2. The highest BCUT2D eigenvalue weighted by Gasteiger charge is 2.29. The summed E-state index contributed by atoms with van der Waals surface area (Å²) in [6.07, 6.45) is 0. The van der Waals surface area contributed by atoms with Gasteiger partial charge in [0.2, 0.25) is 5.96 Å². The van der Waals surface area contributed by atoms with Crippen LogP contribution in [0.2, 0.25) is 0 Å². The molecule has 0 aliphatic carbocycles. The average molecular weight is 424 g/mol. The van der Waals surface area contributed by atoms with E-state index in [1.165, 1.54) is 0 Å². The summed E-state index contributed by atoms with van der Waals surface area (Å²) in [4.78, 5) is 12.9. The first kappa shape index (κ1) is 21.4. The minimum absolute atomic E-state index is 0.109. The molecular formula is C22H25N5O2S. The summed E-state index contributed by atoms with van der Waals surface area (Å²) in [5.41, 5.74) is 11.0. The number of aliphatic imine (C=N–C) groups is 1. The molecule has 0 radical (unpaired) electrons. The molecule has 0 saturated heterocycles. The molecule has 2 aromatic carbocycles. The molecule has 3 rings (SSSR count). The number of rotatable bonds is 4. The van der Waals surface area contributed by atoms with Gasteiger partial charge in [0.1, 0.15) is 0 Å². The van der Waals surface area contributed by atoms with Gasteiger partial charge in [0, 0.05) is 11.4 Å². The van der Waals surface area contributed by atoms with Crippen LogP contribution in [0.1, 0.15) is 28.1 Å². The molecule has 156 valence electrons. The largest absolute Gasteiger partial charge is 0.368 e. The molecule has 0 aliphatic rings. The molecule has 0 amide bonds. The molecule has 0 saturated carbocycles. The Morgan fingerprint density at radius 2 is 1.47 bits per heavy atom. The molecule has 0 spiro atoms. The second kappa shape index (κ2) is 8.23. The molecule has 0 unspecified atom stereocenters. The third kappa shape index (κ3) is 4.49. The second-order valence-electron chi connectivity index (χ2n) is 7.27. The quantitative estimate of drug-likeness (QED) is 0.507. The first-order valence-electron chi connectivity index (χ1n) is 9.43. The van der Waals surface area contributed by atoms with Gasteiger partial charge < -0.3 is 5.73 Å². The van der Waals surface area contributed by atoms with Crippen molar-refractivity contribution in [1.82, 2.24) is 9.97 Å². The van der Waals surface area contributed by atoms with Crippen LogP contribution in [0.4, 0.5) is 11.6 Å². The monoisotopic (exact) mass is 423 g/mol. The number of aromatic nitrogens is 2. The lowest BCUT2D eigenvalue weighted by Gasteiger charge is -2.24. The first-order valence-corrected chi connectivity index (χ1v) is 10.9. The predicted octanol–water partition coefficient (Wildman–Crippen LogP) is 3.86. The molecule has 8 heteroatoms. The molecule has 0 bridgehead atoms. The van der Waals surface area contributed by atoms with E-state index in [4.69, 9.17) is 5.73 Å². The number of nitrogens with zero attached hydrogens (tertiary/aromatic N) is 4. The summed E-state index contributed by atoms with van der Waals surface area (Å²) in [7, 11) is -4.02. The molecular weight excluding hydrogens is 398 g/mol. The maximum atomic E-state index is 13.5. The van der Waals surface area contributed by atoms with Crippen LogP contribution in [0.5, 0.6) is 0 Å². The van der Waals surface area contributed by atoms with Crippen LogP contribution in [-0.4, -0.2) is 24.3 Å². The highest BCUT2D eigenvalue weighted by Crippen LogP contribution is 2.26. The SMILES string of the molecule is Cc1ccc(S(=O)(=O)N(C(N)=Nc2nc(C)cc(C)n2)c2ccc(C)c(C)c2)cc1. The minimum atomic E-state index is -4.02. The summed E-state index contributed by atoms with van der Waals surface area (Å²) in [5.74, 6) is -0.123. The lowest BCUT2D eigenvalue weighted by atomic mass is 10.1. The molecule has 2 N–H and O–H groups in total. The fourth-order valence-corrected chi connectivity index (χ4v) is 4.34. The number of hydrogen-bond acceptors (Lipinski definition) is 5. The summed E-state index contributed by atoms with van der Waals surface area (Å²) in [6, 6.07) is 13.7. The van der Waals surface area contributed by atoms with Crippen molar-refractivity contribution in [2.24, 2.45) is 10.7 Å². The van der Waals surface area contributed by atoms with Crippen LogP contribution in [0.15, 0.2) is 58.4 Å². The minimum Gasteiger partial charge on any atom is -0.368 e. The van der Waals surface area contributed by atoms with E-state index in [9.17, 15) is 8.42 Å². The Balaban J connectivity index is 2.19. The van der Waals surface area contributed by atoms with E-state index in [-0.39, 0.29) is 16.8 Å². The molecule has 1 aromatic heterocycles. The van der Waals surface area contributed by atoms with Crippen molar-refractivity contribution in [3.63, 3.8) is 0 Å². The number of benzene rings is 2. The molecule has 3 aromatic rings. The van der Waals surface area contributed by atoms with Crippen molar-refractivity contribution in [1.29, 1.82) is 0 Å². The van der Waals surface area contributed by atoms with Crippen molar-refractivity contribution >= 4 is 27.6 Å². The Kier molecular flexibility index (Phi) is 5.89. The third-order valence-corrected chi connectivity index (χ3v) is 6.42. The van der Waals surface area contributed by atoms with E-state index >= 15 is 0 Å². The maximum Gasteiger partial charge on any atom is 0.271 e. The lowest BCUT2D eigenvalue weighted by molar-refractivity contribution is 0.597. The zero-order valence-electron chi connectivity index (χ0n) is 17.7. The van der Waals surface area contributed by atoms with Crippen molar-refractivity contribution in [2.75, 3.05) is 4.31 Å². The number of hydrogen-bond donors (Lipinski definition) is 1. The standard InChI is InChI=1S/C22H25N5O2S/c1-14-6-10-20(11-7-14)30(28,29)27(19-9-8-15(2)16(3)12-19)21(23)26-22-24-17(4)13-18(5)25-22/h6-13H,1-5H3,(H2,23,24,25,26). The Morgan fingerprint density at radius 3 is 2.03 bits per heavy atom. The van der Waals surface area contributed by atoms with Gasteiger partial charge in [0.15, 0.2) is 0 Å². The number of guanidine groups is 1. The summed E-state index contributed by atoms with van der Waals surface area (Å²) >= 11 is 0. The van der Waals surface area contributed by atoms with Gasteiger partial charge >= 0.3 is 0 Å². The van der Waals surface area contributed by atoms with Gasteiger partial charge in [0.05, 0.1) is 10.6 Å². The Morgan fingerprint density at radius 1 is 0.867 bits per heavy atom. The van der Waals surface area contributed by atoms with Crippen molar-refractivity contribution in [2.45, 2.75) is 39.5 Å². The van der Waals surface area contributed by atoms with E-state index in [1.807, 2.05) is 40.7 Å². The fourth-order valence-electron chi connectivity index (χ4n) is 2.97. The van der Waals surface area contributed by atoms with Crippen LogP contribution in [0, 0.1) is 34.6 Å². The smallest absolute Gasteiger partial charge is 0.271 e. The third-order valence-electron chi connectivity index (χ3n) is 4.68. The normalized spacial score (nSPS) is 12.1. The van der Waals surface area contributed by atoms with Crippen LogP contribution < -0.4 is 10.0 Å². The van der Waals surface area contributed by atoms with E-state index in [2.05, 4.69) is 15.0 Å². The number of aryl methyl sites for hydroxylation is 5. The Hall–Kier alpha value is -3.26. The van der Waals surface area contributed by atoms with Crippen molar-refractivity contribution in [3.8, 4) is 0 Å². The maximum absolute atomic E-state index is 13.5. The van der Waals surface area contributed by atoms with Gasteiger partial charge in [-0.3, -0.25) is 0 Å². The summed E-state index contributed by atoms with van der Waals surface area (Å²) < 4.78 is 28.1. The highest BCUT2D eigenvalue weighted by molar-refractivity contribution is 7.93. The van der Waals surface area contributed by atoms with Gasteiger partial charge in [-0.15, -0.1) is 0 Å². The number of sulfonamides is 1. The zero-order valence-corrected chi connectivity index (χ0v) is 18.5. The van der Waals surface area contributed by atoms with Crippen molar-refractivity contribution in [3.05, 3.63) is 76.6 Å². The zero-order chi connectivity index (χ0) is 22.1. The van der Waals surface area contributed by atoms with E-state index in [0.717, 1.165) is 21.0 Å². The van der Waals surface area contributed by atoms with Gasteiger partial charge in [-0.1, -0.05) is 23.8 Å². The molecule has 1 heterocycles. The van der Waals surface area contributed by atoms with E-state index < -0.39 is 10.0 Å². The summed E-state index contributed by atoms with van der Waals surface area (Å²) in [5, 5.41) is 0. The molecule has 0 fully saturated rings. The molecule has 30 heavy (non-hydrogen) atoms. The Bertz CT molecular complexity index is 1200. The topological polar surface area (TPSA) is 102 Å².